The van der Waals surface area contributed by atoms with E-state index in [0.717, 1.165) is 70.6 Å². The van der Waals surface area contributed by atoms with Gasteiger partial charge in [0, 0.05) is 23.7 Å². The molecule has 0 aromatic rings. The summed E-state index contributed by atoms with van der Waals surface area (Å²) in [6.07, 6.45) is 15.4. The molecule has 6 heteroatoms. The number of carbonyl (C=O) groups excluding carboxylic acids is 3. The number of esters is 1. The van der Waals surface area contributed by atoms with Gasteiger partial charge in [0.25, 0.3) is 0 Å². The van der Waals surface area contributed by atoms with Crippen molar-refractivity contribution in [3.63, 3.8) is 0 Å². The van der Waals surface area contributed by atoms with Gasteiger partial charge >= 0.3 is 5.97 Å². The highest BCUT2D eigenvalue weighted by atomic mass is 16.5. The third-order valence-electron chi connectivity index (χ3n) is 14.3. The summed E-state index contributed by atoms with van der Waals surface area (Å²) < 4.78 is 11.3. The van der Waals surface area contributed by atoms with Gasteiger partial charge in [0.1, 0.15) is 18.3 Å². The van der Waals surface area contributed by atoms with Gasteiger partial charge in [-0.25, -0.2) is 0 Å². The molecule has 1 unspecified atom stereocenters. The van der Waals surface area contributed by atoms with Crippen LogP contribution < -0.4 is 5.32 Å². The van der Waals surface area contributed by atoms with E-state index in [-0.39, 0.29) is 68.8 Å². The first-order chi connectivity index (χ1) is 20.0. The Morgan fingerprint density at radius 2 is 1.60 bits per heavy atom. The predicted molar refractivity (Wildman–Crippen MR) is 165 cm³/mol. The van der Waals surface area contributed by atoms with Crippen LogP contribution >= 0.6 is 0 Å². The van der Waals surface area contributed by atoms with Crippen molar-refractivity contribution in [3.8, 4) is 12.2 Å². The SMILES string of the molecule is CC(=O)O[C@H]1CC[C@@]2(C)C(CC[C@]3(C)[C@@H]2C(=O)C=C2[C@@H]4C[C@@](C)(C(=O)NC#COC5CC5)CC[C@]4(C)CC[C@]23C)C1(C)C. The molecule has 0 heterocycles. The van der Waals surface area contributed by atoms with Gasteiger partial charge in [-0.3, -0.25) is 19.7 Å². The van der Waals surface area contributed by atoms with E-state index in [1.54, 1.807) is 0 Å². The smallest absolute Gasteiger partial charge is 0.302 e. The first-order valence-electron chi connectivity index (χ1n) is 16.9. The van der Waals surface area contributed by atoms with Crippen LogP contribution in [0.5, 0.6) is 0 Å². The van der Waals surface area contributed by atoms with Crippen molar-refractivity contribution in [3.05, 3.63) is 11.6 Å². The standard InChI is InChI=1S/C37H53NO5/c1-23(39)43-29-12-13-35(6)28(32(29,2)3)11-14-37(8)30(35)27(40)21-25-26-22-34(5,31(41)38-19-20-42-24-9-10-24)16-15-33(26,4)17-18-36(25,37)7/h21,24,26,28-30H,9-18,22H2,1-8H3,(H,38,41)/t26-,28?,29-,30+,33+,34-,35-,36+,37+/m0/s1. The van der Waals surface area contributed by atoms with Crippen molar-refractivity contribution in [2.75, 3.05) is 0 Å². The maximum Gasteiger partial charge on any atom is 0.302 e. The van der Waals surface area contributed by atoms with Gasteiger partial charge in [0.05, 0.1) is 6.04 Å². The highest BCUT2D eigenvalue weighted by Gasteiger charge is 2.70. The molecule has 6 nitrogen and oxygen atoms in total. The topological polar surface area (TPSA) is 81.7 Å². The molecule has 0 bridgehead atoms. The monoisotopic (exact) mass is 591 g/mol. The zero-order valence-corrected chi connectivity index (χ0v) is 27.8. The average Bonchev–Trinajstić information content (AvgIpc) is 3.75. The Balaban J connectivity index is 1.32. The lowest BCUT2D eigenvalue weighted by Gasteiger charge is -2.70. The summed E-state index contributed by atoms with van der Waals surface area (Å²) in [6, 6.07) is 2.76. The Bertz CT molecular complexity index is 1320. The number of fused-ring (bicyclic) bond motifs is 7. The van der Waals surface area contributed by atoms with E-state index in [0.29, 0.717) is 5.92 Å². The zero-order valence-electron chi connectivity index (χ0n) is 27.8. The highest BCUT2D eigenvalue weighted by Crippen LogP contribution is 2.75. The largest absolute Gasteiger partial charge is 0.462 e. The molecule has 236 valence electrons. The van der Waals surface area contributed by atoms with Crippen LogP contribution in [0.15, 0.2) is 11.6 Å². The molecule has 6 aliphatic carbocycles. The Hall–Kier alpha value is -2.29. The van der Waals surface area contributed by atoms with Crippen LogP contribution in [0.25, 0.3) is 0 Å². The van der Waals surface area contributed by atoms with Gasteiger partial charge in [-0.1, -0.05) is 54.0 Å². The zero-order chi connectivity index (χ0) is 31.2. The molecular weight excluding hydrogens is 538 g/mol. The summed E-state index contributed by atoms with van der Waals surface area (Å²) >= 11 is 0. The van der Waals surface area contributed by atoms with Crippen LogP contribution in [0.2, 0.25) is 0 Å². The Morgan fingerprint density at radius 3 is 2.28 bits per heavy atom. The molecule has 0 aliphatic heterocycles. The number of hydrogen-bond acceptors (Lipinski definition) is 5. The van der Waals surface area contributed by atoms with Crippen molar-refractivity contribution in [1.29, 1.82) is 0 Å². The normalized spacial score (nSPS) is 46.3. The predicted octanol–water partition coefficient (Wildman–Crippen LogP) is 7.11. The van der Waals surface area contributed by atoms with Gasteiger partial charge in [-0.05, 0) is 110 Å². The van der Waals surface area contributed by atoms with Crippen molar-refractivity contribution in [2.24, 2.45) is 50.2 Å². The summed E-state index contributed by atoms with van der Waals surface area (Å²) in [4.78, 5) is 40.1. The number of carbonyl (C=O) groups is 3. The van der Waals surface area contributed by atoms with Gasteiger partial charge in [0.2, 0.25) is 5.91 Å². The maximum atomic E-state index is 14.6. The number of ketones is 1. The summed E-state index contributed by atoms with van der Waals surface area (Å²) in [5.41, 5.74) is 0.239. The fraction of sp³-hybridized carbons (Fsp3) is 0.811. The number of nitrogens with one attached hydrogen (secondary N) is 1. The number of hydrogen-bond donors (Lipinski definition) is 1. The summed E-state index contributed by atoms with van der Waals surface area (Å²) in [7, 11) is 0. The second-order valence-corrected chi connectivity index (χ2v) is 17.2. The van der Waals surface area contributed by atoms with Crippen molar-refractivity contribution < 1.29 is 23.9 Å². The second kappa shape index (κ2) is 9.85. The third kappa shape index (κ3) is 4.53. The molecule has 0 aromatic heterocycles. The van der Waals surface area contributed by atoms with E-state index < -0.39 is 5.41 Å². The first-order valence-corrected chi connectivity index (χ1v) is 16.9. The van der Waals surface area contributed by atoms with Crippen molar-refractivity contribution >= 4 is 17.7 Å². The van der Waals surface area contributed by atoms with Gasteiger partial charge in [-0.2, -0.15) is 0 Å². The molecule has 1 amide bonds. The van der Waals surface area contributed by atoms with Gasteiger partial charge < -0.3 is 9.47 Å². The number of ether oxygens (including phenoxy) is 2. The summed E-state index contributed by atoms with van der Waals surface area (Å²) in [6.45, 7) is 17.7. The molecule has 6 aliphatic rings. The highest BCUT2D eigenvalue weighted by molar-refractivity contribution is 5.96. The van der Waals surface area contributed by atoms with E-state index in [2.05, 4.69) is 72.0 Å². The van der Waals surface area contributed by atoms with E-state index in [1.165, 1.54) is 12.5 Å². The van der Waals surface area contributed by atoms with Crippen molar-refractivity contribution in [1.82, 2.24) is 5.32 Å². The van der Waals surface area contributed by atoms with Gasteiger partial charge in [-0.15, -0.1) is 0 Å². The molecule has 0 saturated heterocycles. The van der Waals surface area contributed by atoms with Crippen LogP contribution in [0.3, 0.4) is 0 Å². The summed E-state index contributed by atoms with van der Waals surface area (Å²) in [5.74, 6) is 0.477. The first kappa shape index (κ1) is 30.7. The summed E-state index contributed by atoms with van der Waals surface area (Å²) in [5, 5.41) is 2.84. The lowest BCUT2D eigenvalue weighted by Crippen LogP contribution is -2.66. The maximum absolute atomic E-state index is 14.6. The van der Waals surface area contributed by atoms with E-state index in [4.69, 9.17) is 9.47 Å². The number of rotatable bonds is 3. The second-order valence-electron chi connectivity index (χ2n) is 17.2. The Morgan fingerprint density at radius 1 is 0.907 bits per heavy atom. The Kier molecular flexibility index (Phi) is 7.04. The van der Waals surface area contributed by atoms with E-state index in [9.17, 15) is 14.4 Å². The fourth-order valence-corrected chi connectivity index (χ4v) is 11.3. The molecule has 6 rings (SSSR count). The third-order valence-corrected chi connectivity index (χ3v) is 14.3. The van der Waals surface area contributed by atoms with Crippen LogP contribution in [-0.4, -0.2) is 29.9 Å². The lowest BCUT2D eigenvalue weighted by atomic mass is 9.33. The van der Waals surface area contributed by atoms with E-state index in [1.807, 2.05) is 0 Å². The minimum atomic E-state index is -0.541. The molecule has 9 atom stereocenters. The van der Waals surface area contributed by atoms with E-state index >= 15 is 0 Å². The van der Waals surface area contributed by atoms with Crippen LogP contribution in [0.4, 0.5) is 0 Å². The number of allylic oxidation sites excluding steroid dienone is 2. The minimum absolute atomic E-state index is 0.0275. The van der Waals surface area contributed by atoms with Crippen LogP contribution in [-0.2, 0) is 23.9 Å². The molecule has 0 radical (unpaired) electrons. The minimum Gasteiger partial charge on any atom is -0.462 e. The van der Waals surface area contributed by atoms with Crippen molar-refractivity contribution in [2.45, 2.75) is 138 Å². The lowest BCUT2D eigenvalue weighted by molar-refractivity contribution is -0.210. The molecular formula is C37H53NO5. The molecule has 5 fully saturated rings. The molecule has 43 heavy (non-hydrogen) atoms. The molecule has 0 aromatic carbocycles. The van der Waals surface area contributed by atoms with Gasteiger partial charge in [0.15, 0.2) is 5.78 Å². The fourth-order valence-electron chi connectivity index (χ4n) is 11.3. The Labute approximate surface area is 258 Å². The molecule has 1 N–H and O–H groups in total. The quantitative estimate of drug-likeness (QED) is 0.215. The molecule has 5 saturated carbocycles. The van der Waals surface area contributed by atoms with Crippen LogP contribution in [0, 0.1) is 62.4 Å². The average molecular weight is 592 g/mol. The number of amides is 1. The molecule has 0 spiro atoms. The van der Waals surface area contributed by atoms with Crippen LogP contribution in [0.1, 0.15) is 126 Å².